The van der Waals surface area contributed by atoms with Gasteiger partial charge in [-0.25, -0.2) is 0 Å². The van der Waals surface area contributed by atoms with E-state index in [1.807, 2.05) is 58.5 Å². The molecule has 1 aromatic heterocycles. The predicted molar refractivity (Wildman–Crippen MR) is 96.5 cm³/mol. The molecular formula is C18H21N3O2S. The third-order valence-corrected chi connectivity index (χ3v) is 4.97. The Morgan fingerprint density at radius 1 is 1.08 bits per heavy atom. The van der Waals surface area contributed by atoms with Gasteiger partial charge in [0.25, 0.3) is 5.91 Å². The average molecular weight is 343 g/mol. The molecule has 6 heteroatoms. The van der Waals surface area contributed by atoms with Crippen LogP contribution < -0.4 is 5.32 Å². The number of nitrogens with zero attached hydrogens (tertiary/aromatic N) is 2. The summed E-state index contributed by atoms with van der Waals surface area (Å²) in [5, 5.41) is 5.08. The fourth-order valence-electron chi connectivity index (χ4n) is 2.76. The number of rotatable bonds is 4. The molecule has 0 spiro atoms. The van der Waals surface area contributed by atoms with Crippen LogP contribution in [0.1, 0.15) is 15.2 Å². The van der Waals surface area contributed by atoms with Crippen molar-refractivity contribution in [1.82, 2.24) is 9.80 Å². The van der Waals surface area contributed by atoms with E-state index in [1.54, 1.807) is 0 Å². The SMILES string of the molecule is Cc1cccc(NCC(=O)N2CCN(C(=O)c3cccs3)CC2)c1. The van der Waals surface area contributed by atoms with Gasteiger partial charge in [-0.2, -0.15) is 0 Å². The maximum Gasteiger partial charge on any atom is 0.264 e. The monoisotopic (exact) mass is 343 g/mol. The number of nitrogens with one attached hydrogen (secondary N) is 1. The minimum Gasteiger partial charge on any atom is -0.376 e. The Kier molecular flexibility index (Phi) is 5.15. The molecule has 1 aliphatic heterocycles. The second-order valence-electron chi connectivity index (χ2n) is 5.87. The smallest absolute Gasteiger partial charge is 0.264 e. The van der Waals surface area contributed by atoms with E-state index in [0.717, 1.165) is 16.1 Å². The lowest BCUT2D eigenvalue weighted by Gasteiger charge is -2.34. The van der Waals surface area contributed by atoms with Gasteiger partial charge in [-0.05, 0) is 36.1 Å². The molecule has 0 aliphatic carbocycles. The van der Waals surface area contributed by atoms with E-state index >= 15 is 0 Å². The van der Waals surface area contributed by atoms with Crippen LogP contribution in [0.4, 0.5) is 5.69 Å². The van der Waals surface area contributed by atoms with Gasteiger partial charge < -0.3 is 15.1 Å². The Hall–Kier alpha value is -2.34. The fourth-order valence-corrected chi connectivity index (χ4v) is 3.45. The number of benzene rings is 1. The van der Waals surface area contributed by atoms with E-state index in [9.17, 15) is 9.59 Å². The highest BCUT2D eigenvalue weighted by atomic mass is 32.1. The van der Waals surface area contributed by atoms with Gasteiger partial charge in [-0.3, -0.25) is 9.59 Å². The van der Waals surface area contributed by atoms with Crippen molar-refractivity contribution in [3.8, 4) is 0 Å². The Morgan fingerprint density at radius 3 is 2.50 bits per heavy atom. The summed E-state index contributed by atoms with van der Waals surface area (Å²) in [6, 6.07) is 11.7. The summed E-state index contributed by atoms with van der Waals surface area (Å²) in [5.41, 5.74) is 2.11. The minimum atomic E-state index is 0.0648. The van der Waals surface area contributed by atoms with Crippen molar-refractivity contribution in [2.24, 2.45) is 0 Å². The first-order valence-corrected chi connectivity index (χ1v) is 8.92. The van der Waals surface area contributed by atoms with E-state index in [0.29, 0.717) is 26.2 Å². The van der Waals surface area contributed by atoms with Crippen LogP contribution in [0.25, 0.3) is 0 Å². The van der Waals surface area contributed by atoms with Crippen LogP contribution in [0.2, 0.25) is 0 Å². The van der Waals surface area contributed by atoms with Crippen molar-refractivity contribution in [3.05, 3.63) is 52.2 Å². The summed E-state index contributed by atoms with van der Waals surface area (Å²) in [4.78, 5) is 29.0. The zero-order valence-corrected chi connectivity index (χ0v) is 14.5. The Balaban J connectivity index is 1.47. The second-order valence-corrected chi connectivity index (χ2v) is 6.82. The highest BCUT2D eigenvalue weighted by Gasteiger charge is 2.24. The highest BCUT2D eigenvalue weighted by molar-refractivity contribution is 7.12. The number of carbonyl (C=O) groups is 2. The first kappa shape index (κ1) is 16.5. The largest absolute Gasteiger partial charge is 0.376 e. The Morgan fingerprint density at radius 2 is 1.83 bits per heavy atom. The van der Waals surface area contributed by atoms with Gasteiger partial charge in [0.1, 0.15) is 0 Å². The molecule has 1 aliphatic rings. The summed E-state index contributed by atoms with van der Waals surface area (Å²) >= 11 is 1.46. The van der Waals surface area contributed by atoms with Gasteiger partial charge in [-0.15, -0.1) is 11.3 Å². The molecule has 1 aromatic carbocycles. The van der Waals surface area contributed by atoms with Crippen molar-refractivity contribution >= 4 is 28.8 Å². The van der Waals surface area contributed by atoms with Crippen LogP contribution in [0, 0.1) is 6.92 Å². The lowest BCUT2D eigenvalue weighted by Crippen LogP contribution is -2.51. The number of thiophene rings is 1. The Bertz CT molecular complexity index is 707. The molecule has 0 unspecified atom stereocenters. The lowest BCUT2D eigenvalue weighted by atomic mass is 10.2. The number of aryl methyl sites for hydroxylation is 1. The maximum absolute atomic E-state index is 12.3. The first-order valence-electron chi connectivity index (χ1n) is 8.04. The van der Waals surface area contributed by atoms with E-state index in [-0.39, 0.29) is 18.4 Å². The second kappa shape index (κ2) is 7.49. The molecule has 1 saturated heterocycles. The standard InChI is InChI=1S/C18H21N3O2S/c1-14-4-2-5-15(12-14)19-13-17(22)20-7-9-21(10-8-20)18(23)16-6-3-11-24-16/h2-6,11-12,19H,7-10,13H2,1H3. The molecule has 1 fully saturated rings. The number of piperazine rings is 1. The third-order valence-electron chi connectivity index (χ3n) is 4.11. The zero-order valence-electron chi connectivity index (χ0n) is 13.7. The van der Waals surface area contributed by atoms with Crippen LogP contribution in [-0.2, 0) is 4.79 Å². The molecule has 0 bridgehead atoms. The van der Waals surface area contributed by atoms with Gasteiger partial charge in [-0.1, -0.05) is 18.2 Å². The molecule has 126 valence electrons. The van der Waals surface area contributed by atoms with Gasteiger partial charge in [0.05, 0.1) is 11.4 Å². The number of hydrogen-bond donors (Lipinski definition) is 1. The van der Waals surface area contributed by atoms with Gasteiger partial charge >= 0.3 is 0 Å². The molecule has 2 heterocycles. The normalized spacial score (nSPS) is 14.5. The Labute approximate surface area is 145 Å². The van der Waals surface area contributed by atoms with Crippen LogP contribution in [0.3, 0.4) is 0 Å². The topological polar surface area (TPSA) is 52.7 Å². The van der Waals surface area contributed by atoms with E-state index in [1.165, 1.54) is 11.3 Å². The van der Waals surface area contributed by atoms with E-state index < -0.39 is 0 Å². The summed E-state index contributed by atoms with van der Waals surface area (Å²) < 4.78 is 0. The molecule has 2 amide bonds. The molecule has 2 aromatic rings. The molecule has 1 N–H and O–H groups in total. The molecule has 24 heavy (non-hydrogen) atoms. The molecular weight excluding hydrogens is 322 g/mol. The van der Waals surface area contributed by atoms with E-state index in [2.05, 4.69) is 5.32 Å². The quantitative estimate of drug-likeness (QED) is 0.928. The summed E-state index contributed by atoms with van der Waals surface area (Å²) in [6.07, 6.45) is 0. The fraction of sp³-hybridized carbons (Fsp3) is 0.333. The van der Waals surface area contributed by atoms with Crippen molar-refractivity contribution in [3.63, 3.8) is 0 Å². The third kappa shape index (κ3) is 3.94. The van der Waals surface area contributed by atoms with Crippen molar-refractivity contribution in [2.75, 3.05) is 38.0 Å². The minimum absolute atomic E-state index is 0.0648. The predicted octanol–water partition coefficient (Wildman–Crippen LogP) is 2.45. The zero-order chi connectivity index (χ0) is 16.9. The van der Waals surface area contributed by atoms with Gasteiger partial charge in [0, 0.05) is 31.9 Å². The van der Waals surface area contributed by atoms with Gasteiger partial charge in [0.15, 0.2) is 0 Å². The van der Waals surface area contributed by atoms with Crippen molar-refractivity contribution in [1.29, 1.82) is 0 Å². The van der Waals surface area contributed by atoms with Crippen molar-refractivity contribution < 1.29 is 9.59 Å². The molecule has 5 nitrogen and oxygen atoms in total. The van der Waals surface area contributed by atoms with Crippen LogP contribution in [0.5, 0.6) is 0 Å². The van der Waals surface area contributed by atoms with Crippen LogP contribution in [-0.4, -0.2) is 54.3 Å². The number of carbonyl (C=O) groups excluding carboxylic acids is 2. The molecule has 3 rings (SSSR count). The van der Waals surface area contributed by atoms with Crippen LogP contribution >= 0.6 is 11.3 Å². The summed E-state index contributed by atoms with van der Waals surface area (Å²) in [5.74, 6) is 0.134. The lowest BCUT2D eigenvalue weighted by molar-refractivity contribution is -0.130. The van der Waals surface area contributed by atoms with E-state index in [4.69, 9.17) is 0 Å². The van der Waals surface area contributed by atoms with Crippen LogP contribution in [0.15, 0.2) is 41.8 Å². The number of amides is 2. The first-order chi connectivity index (χ1) is 11.6. The number of hydrogen-bond acceptors (Lipinski definition) is 4. The van der Waals surface area contributed by atoms with Gasteiger partial charge in [0.2, 0.25) is 5.91 Å². The maximum atomic E-state index is 12.3. The van der Waals surface area contributed by atoms with Crippen molar-refractivity contribution in [2.45, 2.75) is 6.92 Å². The molecule has 0 radical (unpaired) electrons. The highest BCUT2D eigenvalue weighted by Crippen LogP contribution is 2.14. The number of anilines is 1. The molecule has 0 atom stereocenters. The molecule has 0 saturated carbocycles. The average Bonchev–Trinajstić information content (AvgIpc) is 3.14. The summed E-state index contributed by atoms with van der Waals surface area (Å²) in [6.45, 7) is 4.66. The summed E-state index contributed by atoms with van der Waals surface area (Å²) in [7, 11) is 0.